The van der Waals surface area contributed by atoms with Crippen LogP contribution in [0.15, 0.2) is 16.8 Å². The smallest absolute Gasteiger partial charge is 0.0332 e. The molecule has 1 heterocycles. The molecule has 1 fully saturated rings. The van der Waals surface area contributed by atoms with Crippen LogP contribution in [0.4, 0.5) is 0 Å². The van der Waals surface area contributed by atoms with Gasteiger partial charge in [-0.05, 0) is 48.1 Å². The van der Waals surface area contributed by atoms with E-state index in [1.165, 1.54) is 18.4 Å². The van der Waals surface area contributed by atoms with Gasteiger partial charge in [0.2, 0.25) is 0 Å². The van der Waals surface area contributed by atoms with E-state index in [9.17, 15) is 0 Å². The monoisotopic (exact) mass is 252 g/mol. The van der Waals surface area contributed by atoms with Gasteiger partial charge in [0.15, 0.2) is 0 Å². The van der Waals surface area contributed by atoms with Crippen LogP contribution in [-0.2, 0) is 6.54 Å². The van der Waals surface area contributed by atoms with Crippen molar-refractivity contribution in [3.63, 3.8) is 0 Å². The third-order valence-corrected chi connectivity index (χ3v) is 4.96. The average Bonchev–Trinajstić information content (AvgIpc) is 3.08. The Morgan fingerprint density at radius 3 is 2.53 bits per heavy atom. The van der Waals surface area contributed by atoms with Gasteiger partial charge in [-0.25, -0.2) is 0 Å². The third-order valence-electron chi connectivity index (χ3n) is 4.23. The zero-order chi connectivity index (χ0) is 12.3. The maximum atomic E-state index is 6.09. The highest BCUT2D eigenvalue weighted by Crippen LogP contribution is 2.37. The summed E-state index contributed by atoms with van der Waals surface area (Å²) in [6.45, 7) is 6.41. The molecule has 0 atom stereocenters. The molecule has 1 saturated carbocycles. The molecule has 0 spiro atoms. The van der Waals surface area contributed by atoms with Gasteiger partial charge in [-0.3, -0.25) is 4.90 Å². The van der Waals surface area contributed by atoms with E-state index in [0.717, 1.165) is 32.0 Å². The Labute approximate surface area is 109 Å². The van der Waals surface area contributed by atoms with E-state index in [0.29, 0.717) is 0 Å². The summed E-state index contributed by atoms with van der Waals surface area (Å²) in [5, 5.41) is 4.43. The van der Waals surface area contributed by atoms with Gasteiger partial charge in [0.25, 0.3) is 0 Å². The summed E-state index contributed by atoms with van der Waals surface area (Å²) in [6.07, 6.45) is 5.01. The Hall–Kier alpha value is -0.380. The van der Waals surface area contributed by atoms with Gasteiger partial charge in [0.1, 0.15) is 0 Å². The summed E-state index contributed by atoms with van der Waals surface area (Å²) in [4.78, 5) is 2.68. The van der Waals surface area contributed by atoms with Gasteiger partial charge >= 0.3 is 0 Å². The van der Waals surface area contributed by atoms with Crippen molar-refractivity contribution < 1.29 is 0 Å². The van der Waals surface area contributed by atoms with Gasteiger partial charge in [0.05, 0.1) is 0 Å². The highest BCUT2D eigenvalue weighted by Gasteiger charge is 2.41. The second-order valence-corrected chi connectivity index (χ2v) is 5.91. The van der Waals surface area contributed by atoms with E-state index >= 15 is 0 Å². The minimum atomic E-state index is 0.211. The van der Waals surface area contributed by atoms with Crippen LogP contribution < -0.4 is 5.73 Å². The molecule has 1 aromatic rings. The van der Waals surface area contributed by atoms with E-state index in [2.05, 4.69) is 35.6 Å². The molecule has 1 aromatic heterocycles. The first kappa shape index (κ1) is 13.1. The van der Waals surface area contributed by atoms with Crippen molar-refractivity contribution in [1.29, 1.82) is 0 Å². The lowest BCUT2D eigenvalue weighted by molar-refractivity contribution is 0.0679. The highest BCUT2D eigenvalue weighted by molar-refractivity contribution is 7.07. The molecule has 1 aliphatic carbocycles. The molecule has 0 aromatic carbocycles. The van der Waals surface area contributed by atoms with Crippen molar-refractivity contribution in [1.82, 2.24) is 4.90 Å². The molecule has 1 aliphatic rings. The normalized spacial score (nSPS) is 16.7. The van der Waals surface area contributed by atoms with Crippen LogP contribution in [0.2, 0.25) is 0 Å². The quantitative estimate of drug-likeness (QED) is 0.807. The number of nitrogens with zero attached hydrogens (tertiary/aromatic N) is 1. The topological polar surface area (TPSA) is 29.3 Å². The molecule has 2 nitrogen and oxygen atoms in total. The van der Waals surface area contributed by atoms with Crippen LogP contribution in [0, 0.1) is 0 Å². The molecule has 0 amide bonds. The lowest BCUT2D eigenvalue weighted by Gasteiger charge is -2.43. The predicted octanol–water partition coefficient (Wildman–Crippen LogP) is 3.23. The number of nitrogens with two attached hydrogens (primary N) is 1. The van der Waals surface area contributed by atoms with Gasteiger partial charge in [-0.2, -0.15) is 11.3 Å². The zero-order valence-corrected chi connectivity index (χ0v) is 11.8. The standard InChI is InChI=1S/C14H24N2S/c1-3-14(4-2,11-15)16(13-5-6-13)9-12-7-8-17-10-12/h7-8,10,13H,3-6,9,11,15H2,1-2H3. The first-order valence-corrected chi connectivity index (χ1v) is 7.68. The summed E-state index contributed by atoms with van der Waals surface area (Å²) in [6, 6.07) is 3.02. The van der Waals surface area contributed by atoms with Crippen LogP contribution in [-0.4, -0.2) is 23.0 Å². The van der Waals surface area contributed by atoms with Crippen LogP contribution in [0.1, 0.15) is 45.1 Å². The van der Waals surface area contributed by atoms with Crippen LogP contribution in [0.25, 0.3) is 0 Å². The summed E-state index contributed by atoms with van der Waals surface area (Å²) in [5.74, 6) is 0. The Morgan fingerprint density at radius 1 is 1.41 bits per heavy atom. The number of hydrogen-bond acceptors (Lipinski definition) is 3. The largest absolute Gasteiger partial charge is 0.329 e. The third kappa shape index (κ3) is 2.72. The van der Waals surface area contributed by atoms with Gasteiger partial charge in [0, 0.05) is 24.7 Å². The summed E-state index contributed by atoms with van der Waals surface area (Å²) in [7, 11) is 0. The molecule has 0 radical (unpaired) electrons. The number of thiophene rings is 1. The van der Waals surface area contributed by atoms with Crippen molar-refractivity contribution in [3.05, 3.63) is 22.4 Å². The van der Waals surface area contributed by atoms with E-state index < -0.39 is 0 Å². The van der Waals surface area contributed by atoms with Gasteiger partial charge in [-0.1, -0.05) is 13.8 Å². The minimum absolute atomic E-state index is 0.211. The maximum Gasteiger partial charge on any atom is 0.0332 e. The Kier molecular flexibility index (Phi) is 4.23. The van der Waals surface area contributed by atoms with Crippen molar-refractivity contribution in [2.45, 2.75) is 57.7 Å². The number of hydrogen-bond donors (Lipinski definition) is 1. The minimum Gasteiger partial charge on any atom is -0.329 e. The Balaban J connectivity index is 2.15. The van der Waals surface area contributed by atoms with Gasteiger partial charge in [-0.15, -0.1) is 0 Å². The SMILES string of the molecule is CCC(CC)(CN)N(Cc1ccsc1)C1CC1. The lowest BCUT2D eigenvalue weighted by atomic mass is 9.90. The number of rotatable bonds is 7. The molecular formula is C14H24N2S. The van der Waals surface area contributed by atoms with Crippen molar-refractivity contribution in [2.24, 2.45) is 5.73 Å². The zero-order valence-electron chi connectivity index (χ0n) is 11.0. The Bertz CT molecular complexity index is 318. The lowest BCUT2D eigenvalue weighted by Crippen LogP contribution is -2.53. The molecule has 0 bridgehead atoms. The van der Waals surface area contributed by atoms with Crippen molar-refractivity contribution >= 4 is 11.3 Å². The molecular weight excluding hydrogens is 228 g/mol. The molecule has 17 heavy (non-hydrogen) atoms. The molecule has 3 heteroatoms. The first-order chi connectivity index (χ1) is 8.25. The summed E-state index contributed by atoms with van der Waals surface area (Å²) >= 11 is 1.79. The molecule has 2 rings (SSSR count). The average molecular weight is 252 g/mol. The van der Waals surface area contributed by atoms with Gasteiger partial charge < -0.3 is 5.73 Å². The fourth-order valence-electron chi connectivity index (χ4n) is 2.71. The molecule has 2 N–H and O–H groups in total. The van der Waals surface area contributed by atoms with E-state index in [-0.39, 0.29) is 5.54 Å². The molecule has 0 unspecified atom stereocenters. The van der Waals surface area contributed by atoms with Crippen molar-refractivity contribution in [3.8, 4) is 0 Å². The Morgan fingerprint density at radius 2 is 2.12 bits per heavy atom. The van der Waals surface area contributed by atoms with Crippen LogP contribution in [0.5, 0.6) is 0 Å². The first-order valence-electron chi connectivity index (χ1n) is 6.73. The fraction of sp³-hybridized carbons (Fsp3) is 0.714. The molecule has 0 aliphatic heterocycles. The second-order valence-electron chi connectivity index (χ2n) is 5.13. The van der Waals surface area contributed by atoms with Crippen LogP contribution in [0.3, 0.4) is 0 Å². The van der Waals surface area contributed by atoms with Crippen LogP contribution >= 0.6 is 11.3 Å². The highest BCUT2D eigenvalue weighted by atomic mass is 32.1. The maximum absolute atomic E-state index is 6.09. The summed E-state index contributed by atoms with van der Waals surface area (Å²) < 4.78 is 0. The predicted molar refractivity (Wildman–Crippen MR) is 75.3 cm³/mol. The van der Waals surface area contributed by atoms with E-state index in [1.807, 2.05) is 0 Å². The molecule has 96 valence electrons. The van der Waals surface area contributed by atoms with E-state index in [1.54, 1.807) is 11.3 Å². The second kappa shape index (κ2) is 5.51. The molecule has 0 saturated heterocycles. The van der Waals surface area contributed by atoms with Crippen molar-refractivity contribution in [2.75, 3.05) is 6.54 Å². The summed E-state index contributed by atoms with van der Waals surface area (Å²) in [5.41, 5.74) is 7.74. The van der Waals surface area contributed by atoms with E-state index in [4.69, 9.17) is 5.73 Å². The fourth-order valence-corrected chi connectivity index (χ4v) is 3.37.